The first kappa shape index (κ1) is 17.6. The van der Waals surface area contributed by atoms with E-state index in [2.05, 4.69) is 11.9 Å². The van der Waals surface area contributed by atoms with Crippen LogP contribution in [0.15, 0.2) is 29.1 Å². The van der Waals surface area contributed by atoms with Crippen LogP contribution in [0.2, 0.25) is 10.0 Å². The van der Waals surface area contributed by atoms with Crippen molar-refractivity contribution in [1.82, 2.24) is 9.55 Å². The lowest BCUT2D eigenvalue weighted by atomic mass is 10.0. The summed E-state index contributed by atoms with van der Waals surface area (Å²) in [5.74, 6) is 0.977. The van der Waals surface area contributed by atoms with Crippen LogP contribution in [0.5, 0.6) is 5.75 Å². The lowest BCUT2D eigenvalue weighted by Crippen LogP contribution is -2.21. The number of aromatic nitrogens is 2. The number of halogens is 2. The minimum atomic E-state index is -0.211. The number of nitrogens with one attached hydrogen (secondary N) is 1. The summed E-state index contributed by atoms with van der Waals surface area (Å²) in [5.41, 5.74) is 3.36. The number of nitrogens with zero attached hydrogens (tertiary/aromatic N) is 1. The second-order valence-electron chi connectivity index (χ2n) is 6.54. The molecule has 4 nitrogen and oxygen atoms in total. The van der Waals surface area contributed by atoms with Crippen molar-refractivity contribution in [3.63, 3.8) is 0 Å². The Hall–Kier alpha value is -1.82. The molecule has 4 rings (SSSR count). The third-order valence-electron chi connectivity index (χ3n) is 4.76. The number of fused-ring (bicyclic) bond motifs is 1. The van der Waals surface area contributed by atoms with Gasteiger partial charge in [-0.15, -0.1) is 0 Å². The van der Waals surface area contributed by atoms with Gasteiger partial charge in [0.15, 0.2) is 4.77 Å². The molecule has 0 aliphatic heterocycles. The van der Waals surface area contributed by atoms with Gasteiger partial charge in [0.05, 0.1) is 33.7 Å². The first-order valence-corrected chi connectivity index (χ1v) is 9.40. The van der Waals surface area contributed by atoms with Crippen LogP contribution >= 0.6 is 35.4 Å². The average molecular weight is 407 g/mol. The number of benzene rings is 2. The van der Waals surface area contributed by atoms with Crippen molar-refractivity contribution in [2.24, 2.45) is 0 Å². The van der Waals surface area contributed by atoms with E-state index in [4.69, 9.17) is 40.2 Å². The molecule has 1 aliphatic rings. The molecule has 1 aliphatic carbocycles. The molecule has 0 amide bonds. The van der Waals surface area contributed by atoms with Crippen LogP contribution in [-0.4, -0.2) is 16.7 Å². The molecular weight excluding hydrogens is 391 g/mol. The molecule has 7 heteroatoms. The summed E-state index contributed by atoms with van der Waals surface area (Å²) in [4.78, 5) is 16.4. The van der Waals surface area contributed by atoms with Gasteiger partial charge in [-0.1, -0.05) is 23.2 Å². The van der Waals surface area contributed by atoms with Gasteiger partial charge in [-0.05, 0) is 67.2 Å². The fourth-order valence-electron chi connectivity index (χ4n) is 3.29. The van der Waals surface area contributed by atoms with Gasteiger partial charge in [0.2, 0.25) is 0 Å². The summed E-state index contributed by atoms with van der Waals surface area (Å²) in [5, 5.41) is 1.29. The van der Waals surface area contributed by atoms with Gasteiger partial charge in [0.25, 0.3) is 5.56 Å². The molecule has 1 N–H and O–H groups in total. The van der Waals surface area contributed by atoms with Crippen LogP contribution in [0.1, 0.15) is 29.9 Å². The van der Waals surface area contributed by atoms with Gasteiger partial charge in [-0.3, -0.25) is 9.36 Å². The predicted octanol–water partition coefficient (Wildman–Crippen LogP) is 5.55. The Morgan fingerprint density at radius 1 is 1.19 bits per heavy atom. The molecule has 26 heavy (non-hydrogen) atoms. The fourth-order valence-corrected chi connectivity index (χ4v) is 4.12. The number of aromatic amines is 1. The van der Waals surface area contributed by atoms with Crippen LogP contribution < -0.4 is 10.3 Å². The highest BCUT2D eigenvalue weighted by molar-refractivity contribution is 7.71. The van der Waals surface area contributed by atoms with Crippen molar-refractivity contribution in [2.75, 3.05) is 7.11 Å². The number of ether oxygens (including phenoxy) is 1. The second kappa shape index (κ2) is 6.41. The van der Waals surface area contributed by atoms with E-state index in [1.165, 1.54) is 35.6 Å². The van der Waals surface area contributed by atoms with Crippen LogP contribution in [0.3, 0.4) is 0 Å². The highest BCUT2D eigenvalue weighted by Crippen LogP contribution is 2.42. The van der Waals surface area contributed by atoms with E-state index in [1.54, 1.807) is 12.1 Å². The molecule has 2 aromatic carbocycles. The zero-order valence-electron chi connectivity index (χ0n) is 14.2. The zero-order valence-corrected chi connectivity index (χ0v) is 16.6. The third kappa shape index (κ3) is 2.84. The van der Waals surface area contributed by atoms with Gasteiger partial charge in [0, 0.05) is 6.07 Å². The number of H-pyrrole nitrogens is 1. The van der Waals surface area contributed by atoms with E-state index in [0.29, 0.717) is 32.8 Å². The van der Waals surface area contributed by atoms with Crippen LogP contribution in [0.25, 0.3) is 16.6 Å². The first-order chi connectivity index (χ1) is 12.4. The summed E-state index contributed by atoms with van der Waals surface area (Å²) in [7, 11) is 1.51. The number of methoxy groups -OCH3 is 1. The van der Waals surface area contributed by atoms with Crippen LogP contribution in [0, 0.1) is 11.7 Å². The SMILES string of the molecule is COc1cc(-n2c(=S)[nH]c3cc(C)c(C4CC4)cc3c2=O)c(Cl)cc1Cl. The molecule has 1 heterocycles. The molecule has 3 aromatic rings. The van der Waals surface area contributed by atoms with E-state index >= 15 is 0 Å². The quantitative estimate of drug-likeness (QED) is 0.579. The number of hydrogen-bond donors (Lipinski definition) is 1. The number of hydrogen-bond acceptors (Lipinski definition) is 3. The summed E-state index contributed by atoms with van der Waals surface area (Å²) >= 11 is 17.9. The lowest BCUT2D eigenvalue weighted by molar-refractivity contribution is 0.415. The molecule has 0 saturated heterocycles. The smallest absolute Gasteiger partial charge is 0.266 e. The second-order valence-corrected chi connectivity index (χ2v) is 7.74. The number of rotatable bonds is 3. The van der Waals surface area contributed by atoms with E-state index < -0.39 is 0 Å². The van der Waals surface area contributed by atoms with Gasteiger partial charge in [0.1, 0.15) is 5.75 Å². The van der Waals surface area contributed by atoms with Crippen molar-refractivity contribution in [3.8, 4) is 11.4 Å². The Morgan fingerprint density at radius 2 is 1.92 bits per heavy atom. The summed E-state index contributed by atoms with van der Waals surface area (Å²) in [6, 6.07) is 7.15. The van der Waals surface area contributed by atoms with Crippen molar-refractivity contribution in [1.29, 1.82) is 0 Å². The molecule has 1 aromatic heterocycles. The van der Waals surface area contributed by atoms with E-state index in [1.807, 2.05) is 12.1 Å². The largest absolute Gasteiger partial charge is 0.495 e. The Balaban J connectivity index is 2.03. The van der Waals surface area contributed by atoms with Crippen molar-refractivity contribution in [3.05, 3.63) is 60.6 Å². The fraction of sp³-hybridized carbons (Fsp3) is 0.263. The van der Waals surface area contributed by atoms with Gasteiger partial charge < -0.3 is 9.72 Å². The molecule has 0 atom stereocenters. The summed E-state index contributed by atoms with van der Waals surface area (Å²) in [6.45, 7) is 2.07. The molecule has 134 valence electrons. The molecular formula is C19H16Cl2N2O2S. The normalized spacial score (nSPS) is 14.0. The Morgan fingerprint density at radius 3 is 2.58 bits per heavy atom. The predicted molar refractivity (Wildman–Crippen MR) is 108 cm³/mol. The van der Waals surface area contributed by atoms with E-state index in [0.717, 1.165) is 5.52 Å². The molecule has 0 unspecified atom stereocenters. The van der Waals surface area contributed by atoms with Gasteiger partial charge in [-0.2, -0.15) is 0 Å². The van der Waals surface area contributed by atoms with Crippen LogP contribution in [-0.2, 0) is 0 Å². The summed E-state index contributed by atoms with van der Waals surface area (Å²) in [6.07, 6.45) is 2.34. The average Bonchev–Trinajstić information content (AvgIpc) is 3.41. The van der Waals surface area contributed by atoms with E-state index in [9.17, 15) is 4.79 Å². The van der Waals surface area contributed by atoms with Crippen molar-refractivity contribution >= 4 is 46.3 Å². The highest BCUT2D eigenvalue weighted by atomic mass is 35.5. The molecule has 1 fully saturated rings. The highest BCUT2D eigenvalue weighted by Gasteiger charge is 2.26. The van der Waals surface area contributed by atoms with Crippen molar-refractivity contribution < 1.29 is 4.74 Å². The maximum atomic E-state index is 13.2. The monoisotopic (exact) mass is 406 g/mol. The molecule has 0 bridgehead atoms. The third-order valence-corrected chi connectivity index (χ3v) is 5.65. The summed E-state index contributed by atoms with van der Waals surface area (Å²) < 4.78 is 6.92. The van der Waals surface area contributed by atoms with E-state index in [-0.39, 0.29) is 10.3 Å². The Labute approximate surface area is 165 Å². The lowest BCUT2D eigenvalue weighted by Gasteiger charge is -2.14. The zero-order chi connectivity index (χ0) is 18.6. The standard InChI is InChI=1S/C19H16Cl2N2O2S/c1-9-5-15-12(6-11(9)10-3-4-10)18(24)23(19(26)22-15)16-8-17(25-2)14(21)7-13(16)20/h5-8,10H,3-4H2,1-2H3,(H,22,26). The topological polar surface area (TPSA) is 47.0 Å². The Bertz CT molecular complexity index is 1160. The minimum Gasteiger partial charge on any atom is -0.495 e. The molecule has 0 spiro atoms. The van der Waals surface area contributed by atoms with Gasteiger partial charge in [-0.25, -0.2) is 0 Å². The van der Waals surface area contributed by atoms with Crippen molar-refractivity contribution in [2.45, 2.75) is 25.7 Å². The maximum Gasteiger partial charge on any atom is 0.266 e. The minimum absolute atomic E-state index is 0.211. The molecule has 0 radical (unpaired) electrons. The number of aryl methyl sites for hydroxylation is 1. The Kier molecular flexibility index (Phi) is 4.34. The van der Waals surface area contributed by atoms with Crippen LogP contribution in [0.4, 0.5) is 0 Å². The van der Waals surface area contributed by atoms with Gasteiger partial charge >= 0.3 is 0 Å². The first-order valence-electron chi connectivity index (χ1n) is 8.23. The molecule has 1 saturated carbocycles. The maximum absolute atomic E-state index is 13.2.